The quantitative estimate of drug-likeness (QED) is 0.708. The van der Waals surface area contributed by atoms with Crippen LogP contribution in [0.2, 0.25) is 0 Å². The number of piperidine rings is 1. The highest BCUT2D eigenvalue weighted by Crippen LogP contribution is 2.19. The first-order valence-electron chi connectivity index (χ1n) is 6.58. The summed E-state index contributed by atoms with van der Waals surface area (Å²) in [6.45, 7) is 2.92. The van der Waals surface area contributed by atoms with E-state index in [1.807, 2.05) is 7.05 Å². The molecule has 0 saturated carbocycles. The third kappa shape index (κ3) is 3.42. The highest BCUT2D eigenvalue weighted by atomic mass is 32.2. The molecule has 0 aliphatic carbocycles. The van der Waals surface area contributed by atoms with Crippen LogP contribution >= 0.6 is 0 Å². The molecular formula is C11H23N3O3S. The van der Waals surface area contributed by atoms with Crippen LogP contribution in [-0.2, 0) is 10.2 Å². The van der Waals surface area contributed by atoms with E-state index in [-0.39, 0.29) is 18.6 Å². The van der Waals surface area contributed by atoms with Crippen molar-refractivity contribution >= 4 is 10.2 Å². The Kier molecular flexibility index (Phi) is 4.60. The van der Waals surface area contributed by atoms with E-state index >= 15 is 0 Å². The number of likely N-dealkylation sites (N-methyl/N-ethyl adjacent to an activating group) is 1. The first-order chi connectivity index (χ1) is 8.51. The van der Waals surface area contributed by atoms with Crippen molar-refractivity contribution in [2.75, 3.05) is 39.8 Å². The SMILES string of the molecule is CN1CCC(NS(=O)(=O)N2CCC(CO)CC2)C1. The number of rotatable bonds is 4. The van der Waals surface area contributed by atoms with E-state index < -0.39 is 10.2 Å². The van der Waals surface area contributed by atoms with E-state index in [9.17, 15) is 8.42 Å². The lowest BCUT2D eigenvalue weighted by molar-refractivity contribution is 0.169. The van der Waals surface area contributed by atoms with Gasteiger partial charge in [0.15, 0.2) is 0 Å². The van der Waals surface area contributed by atoms with Crippen molar-refractivity contribution in [3.8, 4) is 0 Å². The highest BCUT2D eigenvalue weighted by Gasteiger charge is 2.31. The summed E-state index contributed by atoms with van der Waals surface area (Å²) in [5.41, 5.74) is 0. The molecule has 1 unspecified atom stereocenters. The molecule has 0 bridgehead atoms. The minimum absolute atomic E-state index is 0.0376. The number of nitrogens with one attached hydrogen (secondary N) is 1. The molecule has 0 spiro atoms. The summed E-state index contributed by atoms with van der Waals surface area (Å²) in [6.07, 6.45) is 2.38. The molecule has 18 heavy (non-hydrogen) atoms. The van der Waals surface area contributed by atoms with E-state index in [1.54, 1.807) is 0 Å². The van der Waals surface area contributed by atoms with E-state index in [0.717, 1.165) is 32.4 Å². The average molecular weight is 277 g/mol. The zero-order chi connectivity index (χ0) is 13.2. The maximum atomic E-state index is 12.2. The van der Waals surface area contributed by atoms with Crippen molar-refractivity contribution in [1.29, 1.82) is 0 Å². The van der Waals surface area contributed by atoms with Gasteiger partial charge >= 0.3 is 0 Å². The summed E-state index contributed by atoms with van der Waals surface area (Å²) in [7, 11) is -1.35. The van der Waals surface area contributed by atoms with Crippen LogP contribution in [0.1, 0.15) is 19.3 Å². The van der Waals surface area contributed by atoms with Gasteiger partial charge in [-0.05, 0) is 38.8 Å². The molecule has 0 amide bonds. The van der Waals surface area contributed by atoms with Gasteiger partial charge in [0, 0.05) is 32.3 Å². The summed E-state index contributed by atoms with van der Waals surface area (Å²) in [5, 5.41) is 9.05. The minimum atomic E-state index is -3.35. The molecule has 2 aliphatic rings. The van der Waals surface area contributed by atoms with Gasteiger partial charge in [-0.1, -0.05) is 0 Å². The number of likely N-dealkylation sites (tertiary alicyclic amines) is 1. The van der Waals surface area contributed by atoms with E-state index in [1.165, 1.54) is 4.31 Å². The highest BCUT2D eigenvalue weighted by molar-refractivity contribution is 7.87. The lowest BCUT2D eigenvalue weighted by atomic mass is 10.00. The Hall–Kier alpha value is -0.210. The van der Waals surface area contributed by atoms with Gasteiger partial charge in [0.05, 0.1) is 0 Å². The van der Waals surface area contributed by atoms with Gasteiger partial charge in [0.1, 0.15) is 0 Å². The van der Waals surface area contributed by atoms with Crippen molar-refractivity contribution in [1.82, 2.24) is 13.9 Å². The molecule has 2 heterocycles. The van der Waals surface area contributed by atoms with Gasteiger partial charge in [0.25, 0.3) is 10.2 Å². The summed E-state index contributed by atoms with van der Waals surface area (Å²) >= 11 is 0. The van der Waals surface area contributed by atoms with Gasteiger partial charge in [0.2, 0.25) is 0 Å². The van der Waals surface area contributed by atoms with Crippen LogP contribution in [0.3, 0.4) is 0 Å². The molecule has 2 saturated heterocycles. The summed E-state index contributed by atoms with van der Waals surface area (Å²) < 4.78 is 28.6. The fourth-order valence-corrected chi connectivity index (χ4v) is 4.10. The normalized spacial score (nSPS) is 28.9. The molecule has 2 N–H and O–H groups in total. The van der Waals surface area contributed by atoms with Gasteiger partial charge in [-0.15, -0.1) is 0 Å². The largest absolute Gasteiger partial charge is 0.396 e. The molecule has 0 aromatic heterocycles. The number of hydrogen-bond acceptors (Lipinski definition) is 4. The van der Waals surface area contributed by atoms with Crippen LogP contribution in [0.25, 0.3) is 0 Å². The second-order valence-electron chi connectivity index (χ2n) is 5.40. The number of aliphatic hydroxyl groups is 1. The maximum absolute atomic E-state index is 12.2. The number of hydrogen-bond donors (Lipinski definition) is 2. The molecule has 2 aliphatic heterocycles. The van der Waals surface area contributed by atoms with Crippen LogP contribution in [0.4, 0.5) is 0 Å². The Morgan fingerprint density at radius 2 is 1.89 bits per heavy atom. The van der Waals surface area contributed by atoms with Crippen LogP contribution in [0.5, 0.6) is 0 Å². The van der Waals surface area contributed by atoms with E-state index in [4.69, 9.17) is 5.11 Å². The molecule has 2 fully saturated rings. The predicted molar refractivity (Wildman–Crippen MR) is 69.3 cm³/mol. The minimum Gasteiger partial charge on any atom is -0.396 e. The van der Waals surface area contributed by atoms with Crippen molar-refractivity contribution in [2.45, 2.75) is 25.3 Å². The summed E-state index contributed by atoms with van der Waals surface area (Å²) in [6, 6.07) is 0.0376. The number of nitrogens with zero attached hydrogens (tertiary/aromatic N) is 2. The molecule has 2 rings (SSSR count). The fourth-order valence-electron chi connectivity index (χ4n) is 2.65. The Balaban J connectivity index is 1.87. The van der Waals surface area contributed by atoms with Gasteiger partial charge in [-0.25, -0.2) is 0 Å². The molecule has 1 atom stereocenters. The lowest BCUT2D eigenvalue weighted by Crippen LogP contribution is -2.49. The Morgan fingerprint density at radius 3 is 2.39 bits per heavy atom. The third-order valence-corrected chi connectivity index (χ3v) is 5.55. The molecule has 7 heteroatoms. The average Bonchev–Trinajstić information content (AvgIpc) is 2.74. The standard InChI is InChI=1S/C11H23N3O3S/c1-13-5-4-11(8-13)12-18(16,17)14-6-2-10(9-15)3-7-14/h10-12,15H,2-9H2,1H3. The van der Waals surface area contributed by atoms with Gasteiger partial charge < -0.3 is 10.0 Å². The summed E-state index contributed by atoms with van der Waals surface area (Å²) in [4.78, 5) is 2.13. The zero-order valence-electron chi connectivity index (χ0n) is 10.9. The molecule has 0 radical (unpaired) electrons. The van der Waals surface area contributed by atoms with Crippen LogP contribution in [0, 0.1) is 5.92 Å². The molecular weight excluding hydrogens is 254 g/mol. The lowest BCUT2D eigenvalue weighted by Gasteiger charge is -2.31. The Morgan fingerprint density at radius 1 is 1.22 bits per heavy atom. The predicted octanol–water partition coefficient (Wildman–Crippen LogP) is -0.771. The first-order valence-corrected chi connectivity index (χ1v) is 8.02. The summed E-state index contributed by atoms with van der Waals surface area (Å²) in [5.74, 6) is 0.258. The van der Waals surface area contributed by atoms with Gasteiger partial charge in [-0.2, -0.15) is 17.4 Å². The second-order valence-corrected chi connectivity index (χ2v) is 7.10. The van der Waals surface area contributed by atoms with Crippen LogP contribution < -0.4 is 4.72 Å². The van der Waals surface area contributed by atoms with Crippen molar-refractivity contribution in [2.24, 2.45) is 5.92 Å². The molecule has 0 aromatic rings. The topological polar surface area (TPSA) is 72.9 Å². The molecule has 106 valence electrons. The number of aliphatic hydroxyl groups excluding tert-OH is 1. The second kappa shape index (κ2) is 5.83. The Bertz CT molecular complexity index is 366. The first kappa shape index (κ1) is 14.2. The van der Waals surface area contributed by atoms with Crippen molar-refractivity contribution < 1.29 is 13.5 Å². The zero-order valence-corrected chi connectivity index (χ0v) is 11.7. The smallest absolute Gasteiger partial charge is 0.279 e. The monoisotopic (exact) mass is 277 g/mol. The Labute approximate surface area is 109 Å². The molecule has 6 nitrogen and oxygen atoms in total. The maximum Gasteiger partial charge on any atom is 0.279 e. The van der Waals surface area contributed by atoms with Crippen LogP contribution in [0.15, 0.2) is 0 Å². The fraction of sp³-hybridized carbons (Fsp3) is 1.00. The van der Waals surface area contributed by atoms with Crippen LogP contribution in [-0.4, -0.2) is 68.6 Å². The molecule has 0 aromatic carbocycles. The van der Waals surface area contributed by atoms with E-state index in [2.05, 4.69) is 9.62 Å². The van der Waals surface area contributed by atoms with E-state index in [0.29, 0.717) is 13.1 Å². The van der Waals surface area contributed by atoms with Crippen molar-refractivity contribution in [3.05, 3.63) is 0 Å². The van der Waals surface area contributed by atoms with Crippen molar-refractivity contribution in [3.63, 3.8) is 0 Å². The van der Waals surface area contributed by atoms with Gasteiger partial charge in [-0.3, -0.25) is 0 Å². The third-order valence-electron chi connectivity index (χ3n) is 3.88.